The Balaban J connectivity index is 1.89. The molecule has 1 saturated heterocycles. The molecule has 4 rings (SSSR count). The molecule has 3 aromatic rings. The van der Waals surface area contributed by atoms with Crippen LogP contribution in [0.1, 0.15) is 5.56 Å². The summed E-state index contributed by atoms with van der Waals surface area (Å²) in [5, 5.41) is 0.673. The highest BCUT2D eigenvalue weighted by atomic mass is 16.5. The van der Waals surface area contributed by atoms with Crippen LogP contribution >= 0.6 is 0 Å². The lowest BCUT2D eigenvalue weighted by Gasteiger charge is -2.24. The van der Waals surface area contributed by atoms with E-state index in [-0.39, 0.29) is 5.43 Å². The second-order valence-electron chi connectivity index (χ2n) is 6.62. The number of fused-ring (bicyclic) bond motifs is 1. The fourth-order valence-electron chi connectivity index (χ4n) is 3.54. The number of ether oxygens (including phenoxy) is 2. The smallest absolute Gasteiger partial charge is 0.199 e. The SMILES string of the molecule is COc1ccc2[nH]c(-c3ccccc3)c(C[NH+]3CCOCC3)c(=O)c2c1. The second-order valence-corrected chi connectivity index (χ2v) is 6.62. The van der Waals surface area contributed by atoms with Crippen molar-refractivity contribution in [2.75, 3.05) is 33.4 Å². The van der Waals surface area contributed by atoms with E-state index in [4.69, 9.17) is 9.47 Å². The number of methoxy groups -OCH3 is 1. The molecule has 1 aromatic heterocycles. The summed E-state index contributed by atoms with van der Waals surface area (Å²) in [4.78, 5) is 18.2. The summed E-state index contributed by atoms with van der Waals surface area (Å²) < 4.78 is 10.8. The Labute approximate surface area is 152 Å². The highest BCUT2D eigenvalue weighted by molar-refractivity contribution is 5.84. The monoisotopic (exact) mass is 351 g/mol. The van der Waals surface area contributed by atoms with E-state index in [1.165, 1.54) is 4.90 Å². The molecule has 26 heavy (non-hydrogen) atoms. The number of H-pyrrole nitrogens is 1. The van der Waals surface area contributed by atoms with E-state index in [0.717, 1.165) is 48.6 Å². The van der Waals surface area contributed by atoms with Gasteiger partial charge in [0.1, 0.15) is 25.4 Å². The number of nitrogens with one attached hydrogen (secondary N) is 2. The average Bonchev–Trinajstić information content (AvgIpc) is 2.71. The van der Waals surface area contributed by atoms with Gasteiger partial charge >= 0.3 is 0 Å². The molecular formula is C21H23N2O3+. The summed E-state index contributed by atoms with van der Waals surface area (Å²) in [6.07, 6.45) is 0. The molecule has 5 heteroatoms. The Hall–Kier alpha value is -2.63. The number of aromatic nitrogens is 1. The predicted octanol–water partition coefficient (Wildman–Crippen LogP) is 1.62. The largest absolute Gasteiger partial charge is 0.497 e. The lowest BCUT2D eigenvalue weighted by Crippen LogP contribution is -3.13. The molecule has 1 aliphatic heterocycles. The van der Waals surface area contributed by atoms with E-state index in [1.807, 2.05) is 48.5 Å². The molecule has 2 aromatic carbocycles. The number of hydrogen-bond acceptors (Lipinski definition) is 3. The van der Waals surface area contributed by atoms with Crippen molar-refractivity contribution >= 4 is 10.9 Å². The van der Waals surface area contributed by atoms with Gasteiger partial charge in [-0.2, -0.15) is 0 Å². The van der Waals surface area contributed by atoms with Gasteiger partial charge in [-0.15, -0.1) is 0 Å². The Morgan fingerprint density at radius 2 is 1.88 bits per heavy atom. The molecule has 2 N–H and O–H groups in total. The van der Waals surface area contributed by atoms with Gasteiger partial charge in [-0.25, -0.2) is 0 Å². The van der Waals surface area contributed by atoms with Crippen molar-refractivity contribution in [2.24, 2.45) is 0 Å². The Bertz CT molecular complexity index is 960. The third-order valence-corrected chi connectivity index (χ3v) is 5.00. The molecule has 1 fully saturated rings. The quantitative estimate of drug-likeness (QED) is 0.751. The molecule has 134 valence electrons. The van der Waals surface area contributed by atoms with Crippen LogP contribution in [0.5, 0.6) is 5.75 Å². The molecule has 2 heterocycles. The molecule has 0 amide bonds. The summed E-state index contributed by atoms with van der Waals surface area (Å²) in [5.74, 6) is 0.695. The predicted molar refractivity (Wildman–Crippen MR) is 102 cm³/mol. The minimum absolute atomic E-state index is 0.0792. The molecule has 0 radical (unpaired) electrons. The molecule has 5 nitrogen and oxygen atoms in total. The number of rotatable bonds is 4. The Morgan fingerprint density at radius 1 is 1.12 bits per heavy atom. The van der Waals surface area contributed by atoms with Crippen LogP contribution in [0, 0.1) is 0 Å². The number of pyridine rings is 1. The minimum atomic E-state index is 0.0792. The Morgan fingerprint density at radius 3 is 2.62 bits per heavy atom. The lowest BCUT2D eigenvalue weighted by molar-refractivity contribution is -0.921. The minimum Gasteiger partial charge on any atom is -0.497 e. The van der Waals surface area contributed by atoms with Gasteiger partial charge in [0.2, 0.25) is 0 Å². The molecular weight excluding hydrogens is 328 g/mol. The van der Waals surface area contributed by atoms with E-state index in [2.05, 4.69) is 4.98 Å². The zero-order valence-electron chi connectivity index (χ0n) is 14.9. The van der Waals surface area contributed by atoms with Crippen molar-refractivity contribution < 1.29 is 14.4 Å². The molecule has 0 aliphatic carbocycles. The first-order valence-corrected chi connectivity index (χ1v) is 8.96. The van der Waals surface area contributed by atoms with Gasteiger partial charge in [0.15, 0.2) is 5.43 Å². The van der Waals surface area contributed by atoms with Crippen LogP contribution in [0.2, 0.25) is 0 Å². The number of morpholine rings is 1. The van der Waals surface area contributed by atoms with Crippen molar-refractivity contribution in [3.8, 4) is 17.0 Å². The molecule has 0 saturated carbocycles. The summed E-state index contributed by atoms with van der Waals surface area (Å²) in [6, 6.07) is 15.7. The fraction of sp³-hybridized carbons (Fsp3) is 0.286. The maximum Gasteiger partial charge on any atom is 0.199 e. The van der Waals surface area contributed by atoms with Crippen molar-refractivity contribution in [3.63, 3.8) is 0 Å². The fourth-order valence-corrected chi connectivity index (χ4v) is 3.54. The third-order valence-electron chi connectivity index (χ3n) is 5.00. The average molecular weight is 351 g/mol. The first-order valence-electron chi connectivity index (χ1n) is 8.96. The van der Waals surface area contributed by atoms with Crippen molar-refractivity contribution in [2.45, 2.75) is 6.54 Å². The van der Waals surface area contributed by atoms with Crippen molar-refractivity contribution in [1.82, 2.24) is 4.98 Å². The van der Waals surface area contributed by atoms with Gasteiger partial charge in [0.25, 0.3) is 0 Å². The van der Waals surface area contributed by atoms with Crippen LogP contribution in [0.3, 0.4) is 0 Å². The molecule has 0 spiro atoms. The van der Waals surface area contributed by atoms with Crippen LogP contribution in [0.4, 0.5) is 0 Å². The summed E-state index contributed by atoms with van der Waals surface area (Å²) in [7, 11) is 1.62. The van der Waals surface area contributed by atoms with Gasteiger partial charge in [-0.1, -0.05) is 30.3 Å². The zero-order valence-corrected chi connectivity index (χ0v) is 14.9. The zero-order chi connectivity index (χ0) is 17.9. The van der Waals surface area contributed by atoms with E-state index in [9.17, 15) is 4.79 Å². The summed E-state index contributed by atoms with van der Waals surface area (Å²) in [5.41, 5.74) is 3.68. The highest BCUT2D eigenvalue weighted by Crippen LogP contribution is 2.24. The Kier molecular flexibility index (Phi) is 4.73. The summed E-state index contributed by atoms with van der Waals surface area (Å²) in [6.45, 7) is 4.02. The number of quaternary nitrogens is 1. The molecule has 0 atom stereocenters. The van der Waals surface area contributed by atoms with Gasteiger partial charge in [0.05, 0.1) is 37.1 Å². The topological polar surface area (TPSA) is 55.8 Å². The molecule has 0 unspecified atom stereocenters. The lowest BCUT2D eigenvalue weighted by atomic mass is 10.0. The normalized spacial score (nSPS) is 15.3. The summed E-state index contributed by atoms with van der Waals surface area (Å²) >= 11 is 0. The maximum atomic E-state index is 13.3. The van der Waals surface area contributed by atoms with E-state index < -0.39 is 0 Å². The standard InChI is InChI=1S/C21H22N2O3/c1-25-16-7-8-19-17(13-16)21(24)18(14-23-9-11-26-12-10-23)20(22-19)15-5-3-2-4-6-15/h2-8,13H,9-12,14H2,1H3,(H,22,24)/p+1. The van der Waals surface area contributed by atoms with Gasteiger partial charge < -0.3 is 19.4 Å². The third kappa shape index (κ3) is 3.23. The van der Waals surface area contributed by atoms with Crippen LogP contribution in [0.15, 0.2) is 53.3 Å². The second kappa shape index (κ2) is 7.32. The number of benzene rings is 2. The molecule has 0 bridgehead atoms. The van der Waals surface area contributed by atoms with Crippen LogP contribution < -0.4 is 15.1 Å². The number of aromatic amines is 1. The van der Waals surface area contributed by atoms with Gasteiger partial charge in [0, 0.05) is 5.39 Å². The highest BCUT2D eigenvalue weighted by Gasteiger charge is 2.21. The van der Waals surface area contributed by atoms with Crippen LogP contribution in [-0.2, 0) is 11.3 Å². The van der Waals surface area contributed by atoms with Gasteiger partial charge in [-0.05, 0) is 23.8 Å². The maximum absolute atomic E-state index is 13.3. The first-order chi connectivity index (χ1) is 12.8. The van der Waals surface area contributed by atoms with Crippen LogP contribution in [0.25, 0.3) is 22.2 Å². The first kappa shape index (κ1) is 16.8. The van der Waals surface area contributed by atoms with E-state index in [1.54, 1.807) is 7.11 Å². The van der Waals surface area contributed by atoms with Crippen molar-refractivity contribution in [1.29, 1.82) is 0 Å². The van der Waals surface area contributed by atoms with Crippen molar-refractivity contribution in [3.05, 3.63) is 64.3 Å². The van der Waals surface area contributed by atoms with E-state index in [0.29, 0.717) is 17.7 Å². The number of hydrogen-bond donors (Lipinski definition) is 2. The van der Waals surface area contributed by atoms with Gasteiger partial charge in [-0.3, -0.25) is 4.79 Å². The van der Waals surface area contributed by atoms with E-state index >= 15 is 0 Å². The van der Waals surface area contributed by atoms with Crippen LogP contribution in [-0.4, -0.2) is 38.4 Å². The molecule has 1 aliphatic rings.